The first kappa shape index (κ1) is 14.1. The molecule has 114 valence electrons. The summed E-state index contributed by atoms with van der Waals surface area (Å²) in [5.41, 5.74) is 2.81. The lowest BCUT2D eigenvalue weighted by molar-refractivity contribution is 0.0688. The van der Waals surface area contributed by atoms with E-state index in [1.807, 2.05) is 36.4 Å². The van der Waals surface area contributed by atoms with E-state index < -0.39 is 5.97 Å². The Labute approximate surface area is 136 Å². The van der Waals surface area contributed by atoms with Crippen molar-refractivity contribution in [3.05, 3.63) is 70.1 Å². The number of aryl methyl sites for hydroxylation is 1. The summed E-state index contributed by atoms with van der Waals surface area (Å²) >= 11 is 1.64. The molecule has 4 rings (SSSR count). The highest BCUT2D eigenvalue weighted by molar-refractivity contribution is 7.99. The Morgan fingerprint density at radius 3 is 2.65 bits per heavy atom. The molecule has 4 nitrogen and oxygen atoms in total. The molecule has 23 heavy (non-hydrogen) atoms. The fraction of sp³-hybridized carbons (Fsp3) is 0.111. The van der Waals surface area contributed by atoms with Crippen LogP contribution < -0.4 is 5.56 Å². The second-order valence-corrected chi connectivity index (χ2v) is 6.55. The van der Waals surface area contributed by atoms with E-state index in [9.17, 15) is 14.7 Å². The van der Waals surface area contributed by atoms with Crippen molar-refractivity contribution in [3.63, 3.8) is 0 Å². The molecule has 1 aromatic carbocycles. The predicted octanol–water partition coefficient (Wildman–Crippen LogP) is 3.31. The number of carbonyl (C=O) groups is 1. The maximum absolute atomic E-state index is 12.9. The van der Waals surface area contributed by atoms with E-state index in [1.54, 1.807) is 23.9 Å². The van der Waals surface area contributed by atoms with Crippen LogP contribution in [0.4, 0.5) is 0 Å². The van der Waals surface area contributed by atoms with E-state index in [4.69, 9.17) is 0 Å². The topological polar surface area (TPSA) is 58.8 Å². The Morgan fingerprint density at radius 2 is 1.91 bits per heavy atom. The van der Waals surface area contributed by atoms with Gasteiger partial charge in [-0.3, -0.25) is 9.20 Å². The zero-order valence-corrected chi connectivity index (χ0v) is 13.0. The van der Waals surface area contributed by atoms with Crippen LogP contribution in [0.15, 0.2) is 58.2 Å². The summed E-state index contributed by atoms with van der Waals surface area (Å²) in [5.74, 6) is -0.166. The lowest BCUT2D eigenvalue weighted by Crippen LogP contribution is -2.22. The van der Waals surface area contributed by atoms with Gasteiger partial charge < -0.3 is 5.11 Å². The van der Waals surface area contributed by atoms with Crippen LogP contribution in [0.2, 0.25) is 0 Å². The third-order valence-corrected chi connectivity index (χ3v) is 5.19. The number of hydrogen-bond acceptors (Lipinski definition) is 3. The first-order chi connectivity index (χ1) is 11.2. The second kappa shape index (κ2) is 5.28. The van der Waals surface area contributed by atoms with Crippen molar-refractivity contribution in [3.8, 4) is 11.1 Å². The molecule has 0 amide bonds. The van der Waals surface area contributed by atoms with Gasteiger partial charge in [0.15, 0.2) is 0 Å². The minimum atomic E-state index is -1.09. The molecule has 2 aromatic heterocycles. The van der Waals surface area contributed by atoms with Crippen LogP contribution in [0.3, 0.4) is 0 Å². The molecule has 1 aliphatic rings. The first-order valence-corrected chi connectivity index (χ1v) is 8.28. The van der Waals surface area contributed by atoms with Crippen LogP contribution in [0, 0.1) is 0 Å². The maximum Gasteiger partial charge on any atom is 0.353 e. The van der Waals surface area contributed by atoms with Gasteiger partial charge in [-0.1, -0.05) is 30.3 Å². The summed E-state index contributed by atoms with van der Waals surface area (Å²) in [4.78, 5) is 25.6. The van der Waals surface area contributed by atoms with Gasteiger partial charge in [0.25, 0.3) is 5.56 Å². The van der Waals surface area contributed by atoms with Crippen LogP contribution in [-0.4, -0.2) is 21.2 Å². The number of pyridine rings is 2. The van der Waals surface area contributed by atoms with E-state index >= 15 is 0 Å². The lowest BCUT2D eigenvalue weighted by Gasteiger charge is -2.12. The highest BCUT2D eigenvalue weighted by Crippen LogP contribution is 2.35. The van der Waals surface area contributed by atoms with Crippen molar-refractivity contribution < 1.29 is 9.90 Å². The van der Waals surface area contributed by atoms with E-state index in [-0.39, 0.29) is 11.3 Å². The molecule has 0 radical (unpaired) electrons. The number of aromatic carboxylic acids is 1. The summed E-state index contributed by atoms with van der Waals surface area (Å²) in [6.45, 7) is 0. The van der Waals surface area contributed by atoms with Crippen molar-refractivity contribution in [2.45, 2.75) is 11.3 Å². The molecule has 3 heterocycles. The fourth-order valence-electron chi connectivity index (χ4n) is 3.05. The van der Waals surface area contributed by atoms with Gasteiger partial charge >= 0.3 is 5.97 Å². The SMILES string of the molecule is O=C(O)c1cc2c(c3ccc(-c4ccccc4)c(=O)n13)CCS2. The zero-order chi connectivity index (χ0) is 16.0. The molecule has 0 saturated carbocycles. The van der Waals surface area contributed by atoms with Gasteiger partial charge in [0.1, 0.15) is 5.69 Å². The number of hydrogen-bond donors (Lipinski definition) is 1. The molecule has 3 aromatic rings. The fourth-order valence-corrected chi connectivity index (χ4v) is 4.15. The molecule has 0 saturated heterocycles. The van der Waals surface area contributed by atoms with Crippen LogP contribution in [0.1, 0.15) is 16.1 Å². The van der Waals surface area contributed by atoms with Crippen molar-refractivity contribution in [2.75, 3.05) is 5.75 Å². The van der Waals surface area contributed by atoms with E-state index in [0.29, 0.717) is 11.1 Å². The molecule has 0 spiro atoms. The Kier molecular flexibility index (Phi) is 3.23. The van der Waals surface area contributed by atoms with Gasteiger partial charge in [0, 0.05) is 16.2 Å². The Hall–Kier alpha value is -2.53. The number of rotatable bonds is 2. The van der Waals surface area contributed by atoms with Crippen molar-refractivity contribution in [2.24, 2.45) is 0 Å². The van der Waals surface area contributed by atoms with Gasteiger partial charge in [-0.05, 0) is 35.7 Å². The average Bonchev–Trinajstić information content (AvgIpc) is 3.03. The highest BCUT2D eigenvalue weighted by Gasteiger charge is 2.22. The number of benzene rings is 1. The molecule has 0 bridgehead atoms. The maximum atomic E-state index is 12.9. The summed E-state index contributed by atoms with van der Waals surface area (Å²) < 4.78 is 1.34. The van der Waals surface area contributed by atoms with Gasteiger partial charge in [-0.2, -0.15) is 0 Å². The van der Waals surface area contributed by atoms with Crippen molar-refractivity contribution >= 4 is 23.2 Å². The van der Waals surface area contributed by atoms with Crippen LogP contribution in [-0.2, 0) is 6.42 Å². The third-order valence-electron chi connectivity index (χ3n) is 4.11. The van der Waals surface area contributed by atoms with Crippen LogP contribution >= 0.6 is 11.8 Å². The average molecular weight is 323 g/mol. The third kappa shape index (κ3) is 2.16. The minimum absolute atomic E-state index is 0.0240. The van der Waals surface area contributed by atoms with Gasteiger partial charge in [0.05, 0.1) is 5.52 Å². The monoisotopic (exact) mass is 323 g/mol. The molecule has 1 aliphatic heterocycles. The van der Waals surface area contributed by atoms with E-state index in [0.717, 1.165) is 28.2 Å². The van der Waals surface area contributed by atoms with E-state index in [2.05, 4.69) is 0 Å². The Balaban J connectivity index is 2.11. The number of thioether (sulfide) groups is 1. The van der Waals surface area contributed by atoms with Crippen LogP contribution in [0.5, 0.6) is 0 Å². The van der Waals surface area contributed by atoms with Crippen molar-refractivity contribution in [1.82, 2.24) is 4.40 Å². The zero-order valence-electron chi connectivity index (χ0n) is 12.2. The minimum Gasteiger partial charge on any atom is -0.477 e. The summed E-state index contributed by atoms with van der Waals surface area (Å²) in [6.07, 6.45) is 0.855. The molecule has 0 aliphatic carbocycles. The number of carboxylic acids is 1. The van der Waals surface area contributed by atoms with Gasteiger partial charge in [-0.15, -0.1) is 11.8 Å². The quantitative estimate of drug-likeness (QED) is 0.786. The van der Waals surface area contributed by atoms with Crippen molar-refractivity contribution in [1.29, 1.82) is 0 Å². The smallest absolute Gasteiger partial charge is 0.353 e. The molecular formula is C18H13NO3S. The summed E-state index contributed by atoms with van der Waals surface area (Å²) in [7, 11) is 0. The van der Waals surface area contributed by atoms with Gasteiger partial charge in [-0.25, -0.2) is 4.79 Å². The highest BCUT2D eigenvalue weighted by atomic mass is 32.2. The standard InChI is InChI=1S/C18H13NO3S/c20-17-12(11-4-2-1-3-5-11)6-7-14-13-8-9-23-16(13)10-15(18(21)22)19(14)17/h1-7,10H,8-9H2,(H,21,22). The predicted molar refractivity (Wildman–Crippen MR) is 90.5 cm³/mol. The largest absolute Gasteiger partial charge is 0.477 e. The second-order valence-electron chi connectivity index (χ2n) is 5.41. The number of nitrogens with zero attached hydrogens (tertiary/aromatic N) is 1. The molecule has 0 unspecified atom stereocenters. The number of aromatic nitrogens is 1. The molecule has 0 fully saturated rings. The molecule has 0 atom stereocenters. The number of fused-ring (bicyclic) bond motifs is 3. The Morgan fingerprint density at radius 1 is 1.13 bits per heavy atom. The van der Waals surface area contributed by atoms with Gasteiger partial charge in [0.2, 0.25) is 0 Å². The Bertz CT molecular complexity index is 993. The number of carboxylic acid groups (broad SMARTS) is 1. The molecular weight excluding hydrogens is 310 g/mol. The molecule has 5 heteroatoms. The summed E-state index contributed by atoms with van der Waals surface area (Å²) in [6, 6.07) is 14.6. The molecule has 1 N–H and O–H groups in total. The summed E-state index contributed by atoms with van der Waals surface area (Å²) in [5, 5.41) is 9.53. The first-order valence-electron chi connectivity index (χ1n) is 7.30. The van der Waals surface area contributed by atoms with E-state index in [1.165, 1.54) is 4.40 Å². The normalized spacial score (nSPS) is 13.2. The lowest BCUT2D eigenvalue weighted by atomic mass is 10.0. The van der Waals surface area contributed by atoms with Crippen LogP contribution in [0.25, 0.3) is 16.6 Å².